The van der Waals surface area contributed by atoms with Crippen molar-refractivity contribution in [2.45, 2.75) is 13.3 Å². The molecule has 0 saturated heterocycles. The van der Waals surface area contributed by atoms with Gasteiger partial charge in [0.05, 0.1) is 6.61 Å². The van der Waals surface area contributed by atoms with Crippen LogP contribution in [0.5, 0.6) is 0 Å². The molecule has 5 heteroatoms. The minimum atomic E-state index is -0.413. The second-order valence-electron chi connectivity index (χ2n) is 3.79. The number of ketones is 1. The topological polar surface area (TPSA) is 66.8 Å². The quantitative estimate of drug-likeness (QED) is 0.751. The third-order valence-electron chi connectivity index (χ3n) is 2.64. The lowest BCUT2D eigenvalue weighted by Gasteiger charge is -2.26. The van der Waals surface area contributed by atoms with E-state index in [4.69, 9.17) is 4.74 Å². The third-order valence-corrected chi connectivity index (χ3v) is 2.64. The molecule has 0 saturated carbocycles. The number of aliphatic hydroxyl groups excluding tert-OH is 1. The molecule has 0 unspecified atom stereocenters. The number of fused-ring (bicyclic) bond motifs is 1. The van der Waals surface area contributed by atoms with Gasteiger partial charge in [-0.1, -0.05) is 0 Å². The van der Waals surface area contributed by atoms with Crippen molar-refractivity contribution in [3.8, 4) is 0 Å². The second-order valence-corrected chi connectivity index (χ2v) is 3.79. The molecule has 0 aromatic heterocycles. The number of aliphatic hydroxyl groups is 1. The molecule has 0 radical (unpaired) electrons. The maximum Gasteiger partial charge on any atom is 0.413 e. The predicted molar refractivity (Wildman–Crippen MR) is 60.2 cm³/mol. The Labute approximate surface area is 98.7 Å². The second kappa shape index (κ2) is 4.45. The van der Waals surface area contributed by atoms with Gasteiger partial charge in [0, 0.05) is 12.7 Å². The maximum atomic E-state index is 11.5. The molecule has 5 nitrogen and oxygen atoms in total. The Hall–Kier alpha value is -2.04. The summed E-state index contributed by atoms with van der Waals surface area (Å²) < 4.78 is 4.88. The smallest absolute Gasteiger partial charge is 0.413 e. The minimum absolute atomic E-state index is 0.300. The Morgan fingerprint density at radius 3 is 3.00 bits per heavy atom. The molecular formula is C12H13NO4. The van der Waals surface area contributed by atoms with Crippen LogP contribution in [0.25, 0.3) is 0 Å². The Balaban J connectivity index is 2.23. The summed E-state index contributed by atoms with van der Waals surface area (Å²) in [5.41, 5.74) is 1.52. The molecule has 1 heterocycles. The van der Waals surface area contributed by atoms with Crippen molar-refractivity contribution in [1.29, 1.82) is 0 Å². The Kier molecular flexibility index (Phi) is 2.99. The number of carbonyl (C=O) groups is 2. The van der Waals surface area contributed by atoms with E-state index in [-0.39, 0.29) is 11.5 Å². The largest absolute Gasteiger partial charge is 0.504 e. The van der Waals surface area contributed by atoms with E-state index in [9.17, 15) is 14.7 Å². The number of amides is 1. The Morgan fingerprint density at radius 2 is 2.29 bits per heavy atom. The normalized spacial score (nSPS) is 19.0. The fourth-order valence-electron chi connectivity index (χ4n) is 1.79. The van der Waals surface area contributed by atoms with Gasteiger partial charge in [-0.15, -0.1) is 0 Å². The van der Waals surface area contributed by atoms with Crippen LogP contribution in [0.15, 0.2) is 35.3 Å². The molecule has 1 aliphatic heterocycles. The van der Waals surface area contributed by atoms with Crippen LogP contribution in [0.3, 0.4) is 0 Å². The molecule has 90 valence electrons. The fraction of sp³-hybridized carbons (Fsp3) is 0.333. The molecule has 0 bridgehead atoms. The van der Waals surface area contributed by atoms with Gasteiger partial charge in [0.15, 0.2) is 5.76 Å². The van der Waals surface area contributed by atoms with E-state index in [0.29, 0.717) is 25.1 Å². The number of allylic oxidation sites excluding steroid dienone is 3. The van der Waals surface area contributed by atoms with E-state index in [1.807, 2.05) is 0 Å². The van der Waals surface area contributed by atoms with E-state index < -0.39 is 6.09 Å². The molecule has 0 aromatic rings. The number of carbonyl (C=O) groups excluding carboxylic acids is 2. The Morgan fingerprint density at radius 1 is 1.53 bits per heavy atom. The third kappa shape index (κ3) is 2.22. The molecule has 2 rings (SSSR count). The summed E-state index contributed by atoms with van der Waals surface area (Å²) in [7, 11) is 0. The first-order valence-electron chi connectivity index (χ1n) is 5.43. The van der Waals surface area contributed by atoms with Crippen LogP contribution in [0.2, 0.25) is 0 Å². The minimum Gasteiger partial charge on any atom is -0.504 e. The highest BCUT2D eigenvalue weighted by molar-refractivity contribution is 6.05. The summed E-state index contributed by atoms with van der Waals surface area (Å²) in [6.45, 7) is 2.54. The molecule has 1 amide bonds. The van der Waals surface area contributed by atoms with Gasteiger partial charge in [-0.25, -0.2) is 4.79 Å². The van der Waals surface area contributed by atoms with Gasteiger partial charge >= 0.3 is 6.09 Å². The van der Waals surface area contributed by atoms with E-state index >= 15 is 0 Å². The van der Waals surface area contributed by atoms with Crippen molar-refractivity contribution < 1.29 is 19.4 Å². The van der Waals surface area contributed by atoms with Crippen molar-refractivity contribution in [3.05, 3.63) is 35.3 Å². The number of nitrogens with zero attached hydrogens (tertiary/aromatic N) is 1. The number of hydrogen-bond acceptors (Lipinski definition) is 4. The standard InChI is InChI=1S/C12H13NO4/c1-2-17-12(16)13-4-3-8-5-10(14)11(15)6-9(8)7-13/h5-7,15H,2-4H2,1H3. The van der Waals surface area contributed by atoms with E-state index in [1.54, 1.807) is 13.1 Å². The molecule has 0 atom stereocenters. The zero-order valence-corrected chi connectivity index (χ0v) is 9.47. The van der Waals surface area contributed by atoms with Crippen molar-refractivity contribution >= 4 is 11.9 Å². The van der Waals surface area contributed by atoms with Crippen LogP contribution >= 0.6 is 0 Å². The van der Waals surface area contributed by atoms with Crippen LogP contribution in [0, 0.1) is 0 Å². The van der Waals surface area contributed by atoms with Gasteiger partial charge in [0.1, 0.15) is 0 Å². The maximum absolute atomic E-state index is 11.5. The molecule has 17 heavy (non-hydrogen) atoms. The molecule has 2 aliphatic rings. The highest BCUT2D eigenvalue weighted by Crippen LogP contribution is 2.27. The van der Waals surface area contributed by atoms with Gasteiger partial charge < -0.3 is 9.84 Å². The number of ether oxygens (including phenoxy) is 1. The summed E-state index contributed by atoms with van der Waals surface area (Å²) in [5, 5.41) is 9.34. The molecule has 0 spiro atoms. The average Bonchev–Trinajstić information content (AvgIpc) is 2.30. The first kappa shape index (κ1) is 11.4. The van der Waals surface area contributed by atoms with Gasteiger partial charge in [0.25, 0.3) is 0 Å². The average molecular weight is 235 g/mol. The SMILES string of the molecule is CCOC(=O)N1C=C2C=C(O)C(=O)C=C2CC1. The highest BCUT2D eigenvalue weighted by atomic mass is 16.6. The predicted octanol–water partition coefficient (Wildman–Crippen LogP) is 1.68. The number of rotatable bonds is 1. The lowest BCUT2D eigenvalue weighted by molar-refractivity contribution is -0.113. The van der Waals surface area contributed by atoms with Crippen LogP contribution in [0.4, 0.5) is 4.79 Å². The molecular weight excluding hydrogens is 222 g/mol. The summed E-state index contributed by atoms with van der Waals surface area (Å²) in [6, 6.07) is 0. The zero-order chi connectivity index (χ0) is 12.4. The molecule has 0 fully saturated rings. The summed E-state index contributed by atoms with van der Waals surface area (Å²) in [4.78, 5) is 24.2. The molecule has 1 aliphatic carbocycles. The molecule has 0 aromatic carbocycles. The monoisotopic (exact) mass is 235 g/mol. The summed E-state index contributed by atoms with van der Waals surface area (Å²) >= 11 is 0. The summed E-state index contributed by atoms with van der Waals surface area (Å²) in [6.07, 6.45) is 4.55. The Bertz CT molecular complexity index is 459. The van der Waals surface area contributed by atoms with E-state index in [2.05, 4.69) is 0 Å². The van der Waals surface area contributed by atoms with Crippen molar-refractivity contribution in [3.63, 3.8) is 0 Å². The fourth-order valence-corrected chi connectivity index (χ4v) is 1.79. The van der Waals surface area contributed by atoms with Crippen molar-refractivity contribution in [2.24, 2.45) is 0 Å². The first-order valence-corrected chi connectivity index (χ1v) is 5.43. The van der Waals surface area contributed by atoms with Crippen LogP contribution in [-0.2, 0) is 9.53 Å². The highest BCUT2D eigenvalue weighted by Gasteiger charge is 2.24. The van der Waals surface area contributed by atoms with Crippen LogP contribution in [-0.4, -0.2) is 35.0 Å². The van der Waals surface area contributed by atoms with Gasteiger partial charge in [0.2, 0.25) is 5.78 Å². The van der Waals surface area contributed by atoms with E-state index in [1.165, 1.54) is 17.1 Å². The first-order chi connectivity index (χ1) is 8.11. The lowest BCUT2D eigenvalue weighted by atomic mass is 9.93. The van der Waals surface area contributed by atoms with Gasteiger partial charge in [-0.3, -0.25) is 9.69 Å². The van der Waals surface area contributed by atoms with Crippen LogP contribution < -0.4 is 0 Å². The van der Waals surface area contributed by atoms with Crippen molar-refractivity contribution in [1.82, 2.24) is 4.90 Å². The van der Waals surface area contributed by atoms with E-state index in [0.717, 1.165) is 5.57 Å². The van der Waals surface area contributed by atoms with Gasteiger partial charge in [-0.05, 0) is 36.6 Å². The lowest BCUT2D eigenvalue weighted by Crippen LogP contribution is -2.31. The number of hydrogen-bond donors (Lipinski definition) is 1. The van der Waals surface area contributed by atoms with Crippen molar-refractivity contribution in [2.75, 3.05) is 13.2 Å². The zero-order valence-electron chi connectivity index (χ0n) is 9.47. The van der Waals surface area contributed by atoms with Gasteiger partial charge in [-0.2, -0.15) is 0 Å². The summed E-state index contributed by atoms with van der Waals surface area (Å²) in [5.74, 6) is -0.688. The van der Waals surface area contributed by atoms with Crippen LogP contribution in [0.1, 0.15) is 13.3 Å². The molecule has 1 N–H and O–H groups in total.